The molecule has 1 aliphatic rings. The minimum absolute atomic E-state index is 0.346. The molecule has 1 aliphatic heterocycles. The molecule has 0 aromatic heterocycles. The van der Waals surface area contributed by atoms with E-state index < -0.39 is 0 Å². The Kier molecular flexibility index (Phi) is 5.09. The van der Waals surface area contributed by atoms with Crippen LogP contribution in [0.4, 0.5) is 0 Å². The van der Waals surface area contributed by atoms with E-state index in [4.69, 9.17) is 0 Å². The van der Waals surface area contributed by atoms with E-state index in [2.05, 4.69) is 24.1 Å². The summed E-state index contributed by atoms with van der Waals surface area (Å²) in [5, 5.41) is 3.17. The van der Waals surface area contributed by atoms with Crippen molar-refractivity contribution in [2.45, 2.75) is 45.6 Å². The number of carbonyl (C=O) groups excluding carboxylic acids is 1. The van der Waals surface area contributed by atoms with Crippen LogP contribution < -0.4 is 5.32 Å². The van der Waals surface area contributed by atoms with Crippen LogP contribution in [-0.4, -0.2) is 37.0 Å². The van der Waals surface area contributed by atoms with E-state index in [9.17, 15) is 4.79 Å². The number of hydrogen-bond acceptors (Lipinski definition) is 2. The Balaban J connectivity index is 2.40. The molecule has 1 N–H and O–H groups in total. The molecule has 0 radical (unpaired) electrons. The Morgan fingerprint density at radius 2 is 2.20 bits per heavy atom. The molecule has 3 nitrogen and oxygen atoms in total. The lowest BCUT2D eigenvalue weighted by molar-refractivity contribution is -0.128. The van der Waals surface area contributed by atoms with Crippen molar-refractivity contribution in [2.75, 3.05) is 20.1 Å². The van der Waals surface area contributed by atoms with Gasteiger partial charge in [0.2, 0.25) is 5.91 Å². The molecule has 0 aromatic rings. The molecule has 2 unspecified atom stereocenters. The van der Waals surface area contributed by atoms with Crippen molar-refractivity contribution in [2.24, 2.45) is 5.92 Å². The maximum atomic E-state index is 11.8. The third kappa shape index (κ3) is 3.20. The predicted octanol–water partition coefficient (Wildman–Crippen LogP) is 1.63. The number of carbonyl (C=O) groups is 1. The van der Waals surface area contributed by atoms with Crippen molar-refractivity contribution in [3.05, 3.63) is 0 Å². The van der Waals surface area contributed by atoms with Crippen molar-refractivity contribution < 1.29 is 4.79 Å². The fraction of sp³-hybridized carbons (Fsp3) is 0.917. The van der Waals surface area contributed by atoms with E-state index in [1.54, 1.807) is 0 Å². The Labute approximate surface area is 93.2 Å². The molecule has 1 amide bonds. The Hall–Kier alpha value is -0.570. The molecule has 3 heteroatoms. The molecule has 0 spiro atoms. The van der Waals surface area contributed by atoms with Crippen LogP contribution in [0, 0.1) is 5.92 Å². The lowest BCUT2D eigenvalue weighted by Crippen LogP contribution is -2.35. The lowest BCUT2D eigenvalue weighted by atomic mass is 10.0. The first-order chi connectivity index (χ1) is 7.20. The van der Waals surface area contributed by atoms with Gasteiger partial charge in [-0.25, -0.2) is 0 Å². The topological polar surface area (TPSA) is 32.3 Å². The van der Waals surface area contributed by atoms with Gasteiger partial charge in [0.15, 0.2) is 0 Å². The highest BCUT2D eigenvalue weighted by Crippen LogP contribution is 2.25. The summed E-state index contributed by atoms with van der Waals surface area (Å²) in [6.45, 7) is 6.28. The summed E-state index contributed by atoms with van der Waals surface area (Å²) in [6.07, 6.45) is 4.33. The monoisotopic (exact) mass is 212 g/mol. The number of amides is 1. The van der Waals surface area contributed by atoms with E-state index in [-0.39, 0.29) is 0 Å². The first-order valence-corrected chi connectivity index (χ1v) is 6.14. The van der Waals surface area contributed by atoms with Gasteiger partial charge in [-0.15, -0.1) is 0 Å². The Morgan fingerprint density at radius 1 is 1.47 bits per heavy atom. The fourth-order valence-electron chi connectivity index (χ4n) is 2.36. The van der Waals surface area contributed by atoms with E-state index >= 15 is 0 Å². The van der Waals surface area contributed by atoms with Crippen LogP contribution in [0.1, 0.15) is 39.5 Å². The maximum Gasteiger partial charge on any atom is 0.223 e. The molecule has 1 saturated heterocycles. The minimum atomic E-state index is 0.346. The SMILES string of the molecule is CCCCCN1C(=O)CC(CNC)C1C. The molecule has 0 saturated carbocycles. The summed E-state index contributed by atoms with van der Waals surface area (Å²) >= 11 is 0. The molecule has 0 aliphatic carbocycles. The van der Waals surface area contributed by atoms with Crippen molar-refractivity contribution >= 4 is 5.91 Å². The van der Waals surface area contributed by atoms with Gasteiger partial charge in [-0.2, -0.15) is 0 Å². The van der Waals surface area contributed by atoms with E-state index in [0.717, 1.165) is 25.9 Å². The summed E-state index contributed by atoms with van der Waals surface area (Å²) in [6, 6.07) is 0.418. The van der Waals surface area contributed by atoms with Gasteiger partial charge in [-0.3, -0.25) is 4.79 Å². The first-order valence-electron chi connectivity index (χ1n) is 6.14. The van der Waals surface area contributed by atoms with Gasteiger partial charge < -0.3 is 10.2 Å². The number of likely N-dealkylation sites (tertiary alicyclic amines) is 1. The molecule has 1 fully saturated rings. The molecule has 15 heavy (non-hydrogen) atoms. The van der Waals surface area contributed by atoms with E-state index in [1.807, 2.05) is 7.05 Å². The van der Waals surface area contributed by atoms with Gasteiger partial charge in [-0.05, 0) is 20.4 Å². The largest absolute Gasteiger partial charge is 0.340 e. The van der Waals surface area contributed by atoms with Crippen LogP contribution in [0.15, 0.2) is 0 Å². The highest BCUT2D eigenvalue weighted by molar-refractivity contribution is 5.79. The van der Waals surface area contributed by atoms with Crippen molar-refractivity contribution in [1.29, 1.82) is 0 Å². The predicted molar refractivity (Wildman–Crippen MR) is 62.7 cm³/mol. The number of unbranched alkanes of at least 4 members (excludes halogenated alkanes) is 2. The first kappa shape index (κ1) is 12.5. The summed E-state index contributed by atoms with van der Waals surface area (Å²) < 4.78 is 0. The standard InChI is InChI=1S/C12H24N2O/c1-4-5-6-7-14-10(2)11(9-13-3)8-12(14)15/h10-11,13H,4-9H2,1-3H3. The third-order valence-electron chi connectivity index (χ3n) is 3.40. The zero-order valence-corrected chi connectivity index (χ0v) is 10.3. The summed E-state index contributed by atoms with van der Waals surface area (Å²) in [5.74, 6) is 0.850. The molecule has 1 rings (SSSR count). The zero-order valence-electron chi connectivity index (χ0n) is 10.3. The number of nitrogens with one attached hydrogen (secondary N) is 1. The van der Waals surface area contributed by atoms with Gasteiger partial charge in [0.25, 0.3) is 0 Å². The number of nitrogens with zero attached hydrogens (tertiary/aromatic N) is 1. The molecular weight excluding hydrogens is 188 g/mol. The highest BCUT2D eigenvalue weighted by Gasteiger charge is 2.35. The second-order valence-electron chi connectivity index (χ2n) is 4.56. The maximum absolute atomic E-state index is 11.8. The van der Waals surface area contributed by atoms with Crippen molar-refractivity contribution in [3.8, 4) is 0 Å². The molecule has 88 valence electrons. The Bertz CT molecular complexity index is 206. The number of rotatable bonds is 6. The Morgan fingerprint density at radius 3 is 2.80 bits per heavy atom. The van der Waals surface area contributed by atoms with Crippen LogP contribution in [-0.2, 0) is 4.79 Å². The van der Waals surface area contributed by atoms with Gasteiger partial charge in [0.05, 0.1) is 0 Å². The van der Waals surface area contributed by atoms with Crippen LogP contribution in [0.2, 0.25) is 0 Å². The molecule has 2 atom stereocenters. The molecule has 0 bridgehead atoms. The van der Waals surface area contributed by atoms with Crippen molar-refractivity contribution in [1.82, 2.24) is 10.2 Å². The van der Waals surface area contributed by atoms with Crippen LogP contribution >= 0.6 is 0 Å². The van der Waals surface area contributed by atoms with Gasteiger partial charge in [-0.1, -0.05) is 19.8 Å². The fourth-order valence-corrected chi connectivity index (χ4v) is 2.36. The normalized spacial score (nSPS) is 26.3. The molecule has 0 aromatic carbocycles. The smallest absolute Gasteiger partial charge is 0.223 e. The third-order valence-corrected chi connectivity index (χ3v) is 3.40. The number of hydrogen-bond donors (Lipinski definition) is 1. The molecular formula is C12H24N2O. The second-order valence-corrected chi connectivity index (χ2v) is 4.56. The minimum Gasteiger partial charge on any atom is -0.340 e. The highest BCUT2D eigenvalue weighted by atomic mass is 16.2. The van der Waals surface area contributed by atoms with Gasteiger partial charge >= 0.3 is 0 Å². The molecule has 1 heterocycles. The van der Waals surface area contributed by atoms with Gasteiger partial charge in [0, 0.05) is 31.5 Å². The van der Waals surface area contributed by atoms with Crippen molar-refractivity contribution in [3.63, 3.8) is 0 Å². The average Bonchev–Trinajstić information content (AvgIpc) is 2.46. The summed E-state index contributed by atoms with van der Waals surface area (Å²) in [7, 11) is 1.96. The van der Waals surface area contributed by atoms with Crippen LogP contribution in [0.5, 0.6) is 0 Å². The quantitative estimate of drug-likeness (QED) is 0.679. The van der Waals surface area contributed by atoms with Gasteiger partial charge in [0.1, 0.15) is 0 Å². The average molecular weight is 212 g/mol. The zero-order chi connectivity index (χ0) is 11.3. The van der Waals surface area contributed by atoms with E-state index in [0.29, 0.717) is 17.9 Å². The van der Waals surface area contributed by atoms with Crippen LogP contribution in [0.25, 0.3) is 0 Å². The van der Waals surface area contributed by atoms with Crippen LogP contribution in [0.3, 0.4) is 0 Å². The second kappa shape index (κ2) is 6.11. The summed E-state index contributed by atoms with van der Waals surface area (Å²) in [5.41, 5.74) is 0. The lowest BCUT2D eigenvalue weighted by Gasteiger charge is -2.24. The summed E-state index contributed by atoms with van der Waals surface area (Å²) in [4.78, 5) is 13.8. The van der Waals surface area contributed by atoms with E-state index in [1.165, 1.54) is 12.8 Å².